The molecule has 0 bridgehead atoms. The second-order valence-corrected chi connectivity index (χ2v) is 14.7. The highest BCUT2D eigenvalue weighted by molar-refractivity contribution is 5.98. The van der Waals surface area contributed by atoms with E-state index in [0.717, 1.165) is 32.8 Å². The third-order valence-corrected chi connectivity index (χ3v) is 9.00. The van der Waals surface area contributed by atoms with Crippen molar-refractivity contribution < 1.29 is 38.2 Å². The van der Waals surface area contributed by atoms with Crippen molar-refractivity contribution in [2.24, 2.45) is 0 Å². The van der Waals surface area contributed by atoms with E-state index in [1.807, 2.05) is 66.7 Å². The van der Waals surface area contributed by atoms with Crippen molar-refractivity contribution in [3.8, 4) is 0 Å². The maximum atomic E-state index is 14.4. The molecule has 12 nitrogen and oxygen atoms in total. The van der Waals surface area contributed by atoms with Gasteiger partial charge in [-0.15, -0.1) is 0 Å². The number of carbonyl (C=O) groups is 5. The highest BCUT2D eigenvalue weighted by atomic mass is 19.1. The molecular weight excluding hydrogens is 705 g/mol. The molecule has 0 aliphatic carbocycles. The SMILES string of the molecule is CC(C)(C)OC(=O)N[C@@H](Cc1c[nH]c2ccccc12)C(=O)N[C@@](C)(Cc1ccc2ccccc2c1)C(=O)N[C@@H](CC(=O)O)C(=O)NCCc1ccc(F)cc1. The molecule has 0 spiro atoms. The molecule has 0 aliphatic rings. The summed E-state index contributed by atoms with van der Waals surface area (Å²) in [6, 6.07) is 23.7. The van der Waals surface area contributed by atoms with Crippen LogP contribution >= 0.6 is 0 Å². The Kier molecular flexibility index (Phi) is 12.5. The molecule has 13 heteroatoms. The normalized spacial score (nSPS) is 13.6. The molecule has 5 rings (SSSR count). The number of ether oxygens (including phenoxy) is 1. The van der Waals surface area contributed by atoms with E-state index in [2.05, 4.69) is 26.3 Å². The lowest BCUT2D eigenvalue weighted by Crippen LogP contribution is -2.64. The number of aromatic nitrogens is 1. The van der Waals surface area contributed by atoms with E-state index in [0.29, 0.717) is 12.0 Å². The van der Waals surface area contributed by atoms with Gasteiger partial charge in [0, 0.05) is 36.5 Å². The van der Waals surface area contributed by atoms with E-state index >= 15 is 0 Å². The summed E-state index contributed by atoms with van der Waals surface area (Å²) in [5.41, 5.74) is 0.339. The number of carboxylic acids is 1. The molecule has 5 aromatic rings. The molecule has 1 aromatic heterocycles. The van der Waals surface area contributed by atoms with Gasteiger partial charge in [0.15, 0.2) is 0 Å². The molecule has 288 valence electrons. The number of aliphatic carboxylic acids is 1. The number of aromatic amines is 1. The minimum Gasteiger partial charge on any atom is -0.481 e. The molecular formula is C42H46FN5O7. The van der Waals surface area contributed by atoms with Gasteiger partial charge in [-0.25, -0.2) is 9.18 Å². The number of rotatable bonds is 15. The van der Waals surface area contributed by atoms with Gasteiger partial charge in [0.2, 0.25) is 17.7 Å². The average molecular weight is 752 g/mol. The minimum atomic E-state index is -1.77. The summed E-state index contributed by atoms with van der Waals surface area (Å²) < 4.78 is 18.8. The van der Waals surface area contributed by atoms with Crippen molar-refractivity contribution in [3.05, 3.63) is 120 Å². The number of hydrogen-bond acceptors (Lipinski definition) is 6. The quantitative estimate of drug-likeness (QED) is 0.0837. The zero-order valence-electron chi connectivity index (χ0n) is 31.2. The van der Waals surface area contributed by atoms with E-state index in [1.165, 1.54) is 19.1 Å². The summed E-state index contributed by atoms with van der Waals surface area (Å²) in [6.07, 6.45) is 0.463. The summed E-state index contributed by atoms with van der Waals surface area (Å²) in [4.78, 5) is 70.2. The summed E-state index contributed by atoms with van der Waals surface area (Å²) in [5, 5.41) is 23.1. The van der Waals surface area contributed by atoms with Crippen molar-refractivity contribution in [3.63, 3.8) is 0 Å². The van der Waals surface area contributed by atoms with E-state index < -0.39 is 65.2 Å². The number of nitrogens with one attached hydrogen (secondary N) is 5. The smallest absolute Gasteiger partial charge is 0.408 e. The Balaban J connectivity index is 1.43. The van der Waals surface area contributed by atoms with Gasteiger partial charge >= 0.3 is 12.1 Å². The zero-order valence-corrected chi connectivity index (χ0v) is 31.2. The standard InChI is InChI=1S/C42H46FN5O7/c1-41(2,3)55-40(54)47-34(22-30-25-45-33-12-8-7-11-32(30)33)38(52)48-42(4,24-27-13-16-28-9-5-6-10-29(28)21-27)39(53)46-35(23-36(49)50)37(51)44-20-19-26-14-17-31(43)18-15-26/h5-18,21,25,34-35,45H,19-20,22-24H2,1-4H3,(H,44,51)(H,46,53)(H,47,54)(H,48,52)(H,49,50)/t34-,35-,42-/m0/s1. The summed E-state index contributed by atoms with van der Waals surface area (Å²) in [6.45, 7) is 6.65. The average Bonchev–Trinajstić information content (AvgIpc) is 3.53. The minimum absolute atomic E-state index is 0.0286. The molecule has 6 N–H and O–H groups in total. The zero-order chi connectivity index (χ0) is 39.8. The van der Waals surface area contributed by atoms with Gasteiger partial charge in [0.05, 0.1) is 6.42 Å². The molecule has 4 amide bonds. The van der Waals surface area contributed by atoms with E-state index in [4.69, 9.17) is 4.74 Å². The van der Waals surface area contributed by atoms with Gasteiger partial charge in [0.1, 0.15) is 29.0 Å². The predicted molar refractivity (Wildman–Crippen MR) is 207 cm³/mol. The molecule has 3 atom stereocenters. The fourth-order valence-electron chi connectivity index (χ4n) is 6.28. The lowest BCUT2D eigenvalue weighted by atomic mass is 9.89. The van der Waals surface area contributed by atoms with Crippen molar-refractivity contribution >= 4 is 51.5 Å². The molecule has 0 saturated carbocycles. The van der Waals surface area contributed by atoms with E-state index in [-0.39, 0.29) is 19.4 Å². The molecule has 0 unspecified atom stereocenters. The number of amides is 4. The van der Waals surface area contributed by atoms with Crippen molar-refractivity contribution in [2.75, 3.05) is 6.54 Å². The van der Waals surface area contributed by atoms with Crippen LogP contribution in [0.3, 0.4) is 0 Å². The third-order valence-electron chi connectivity index (χ3n) is 9.00. The molecule has 0 fully saturated rings. The number of carboxylic acid groups (broad SMARTS) is 1. The first kappa shape index (κ1) is 40.0. The van der Waals surface area contributed by atoms with Crippen LogP contribution in [-0.2, 0) is 43.2 Å². The fourth-order valence-corrected chi connectivity index (χ4v) is 6.28. The number of carbonyl (C=O) groups excluding carboxylic acids is 4. The van der Waals surface area contributed by atoms with Gasteiger partial charge in [-0.05, 0) is 79.8 Å². The first-order valence-electron chi connectivity index (χ1n) is 18.0. The highest BCUT2D eigenvalue weighted by Gasteiger charge is 2.40. The van der Waals surface area contributed by atoms with Crippen LogP contribution in [0.15, 0.2) is 97.2 Å². The van der Waals surface area contributed by atoms with Crippen molar-refractivity contribution in [1.29, 1.82) is 0 Å². The molecule has 55 heavy (non-hydrogen) atoms. The van der Waals surface area contributed by atoms with Crippen molar-refractivity contribution in [2.45, 2.75) is 76.6 Å². The van der Waals surface area contributed by atoms with Gasteiger partial charge in [0.25, 0.3) is 0 Å². The summed E-state index contributed by atoms with van der Waals surface area (Å²) >= 11 is 0. The van der Waals surface area contributed by atoms with Crippen molar-refractivity contribution in [1.82, 2.24) is 26.3 Å². The Morgan fingerprint density at radius 3 is 2.18 bits per heavy atom. The predicted octanol–water partition coefficient (Wildman–Crippen LogP) is 5.33. The highest BCUT2D eigenvalue weighted by Crippen LogP contribution is 2.23. The number of alkyl carbamates (subject to hydrolysis) is 1. The van der Waals surface area contributed by atoms with Gasteiger partial charge in [-0.3, -0.25) is 19.2 Å². The second kappa shape index (κ2) is 17.3. The number of halogens is 1. The lowest BCUT2D eigenvalue weighted by molar-refractivity contribution is -0.142. The maximum absolute atomic E-state index is 14.4. The van der Waals surface area contributed by atoms with Crippen LogP contribution in [0.25, 0.3) is 21.7 Å². The molecule has 4 aromatic carbocycles. The fraction of sp³-hybridized carbons (Fsp3) is 0.310. The van der Waals surface area contributed by atoms with Crippen LogP contribution in [0.4, 0.5) is 9.18 Å². The molecule has 0 saturated heterocycles. The van der Waals surface area contributed by atoms with Gasteiger partial charge < -0.3 is 36.1 Å². The number of hydrogen-bond donors (Lipinski definition) is 6. The van der Waals surface area contributed by atoms with Gasteiger partial charge in [-0.1, -0.05) is 72.8 Å². The van der Waals surface area contributed by atoms with E-state index in [9.17, 15) is 33.5 Å². The van der Waals surface area contributed by atoms with Crippen LogP contribution in [0.1, 0.15) is 50.8 Å². The maximum Gasteiger partial charge on any atom is 0.408 e. The Morgan fingerprint density at radius 2 is 1.47 bits per heavy atom. The Hall–Kier alpha value is -6.24. The van der Waals surface area contributed by atoms with Crippen LogP contribution < -0.4 is 21.3 Å². The monoisotopic (exact) mass is 751 g/mol. The van der Waals surface area contributed by atoms with Gasteiger partial charge in [-0.2, -0.15) is 0 Å². The number of para-hydroxylation sites is 1. The van der Waals surface area contributed by atoms with Crippen LogP contribution in [0.2, 0.25) is 0 Å². The number of H-pyrrole nitrogens is 1. The first-order chi connectivity index (χ1) is 26.1. The molecule has 1 heterocycles. The third kappa shape index (κ3) is 11.1. The number of benzene rings is 4. The second-order valence-electron chi connectivity index (χ2n) is 14.7. The Morgan fingerprint density at radius 1 is 0.800 bits per heavy atom. The lowest BCUT2D eigenvalue weighted by Gasteiger charge is -2.33. The molecule has 0 radical (unpaired) electrons. The Labute approximate surface area is 318 Å². The summed E-state index contributed by atoms with van der Waals surface area (Å²) in [5.74, 6) is -4.02. The largest absolute Gasteiger partial charge is 0.481 e. The van der Waals surface area contributed by atoms with Crippen LogP contribution in [-0.4, -0.2) is 69.6 Å². The Bertz CT molecular complexity index is 2180. The topological polar surface area (TPSA) is 179 Å². The van der Waals surface area contributed by atoms with Crippen LogP contribution in [0, 0.1) is 5.82 Å². The van der Waals surface area contributed by atoms with Crippen LogP contribution in [0.5, 0.6) is 0 Å². The molecule has 0 aliphatic heterocycles. The first-order valence-corrected chi connectivity index (χ1v) is 18.0. The van der Waals surface area contributed by atoms with E-state index in [1.54, 1.807) is 39.1 Å². The summed E-state index contributed by atoms with van der Waals surface area (Å²) in [7, 11) is 0. The number of fused-ring (bicyclic) bond motifs is 2.